The van der Waals surface area contributed by atoms with Crippen LogP contribution in [0, 0.1) is 5.92 Å². The third kappa shape index (κ3) is 2.57. The average Bonchev–Trinajstić information content (AvgIpc) is 2.30. The lowest BCUT2D eigenvalue weighted by molar-refractivity contribution is -0.153. The Labute approximate surface area is 98.9 Å². The molecule has 1 fully saturated rings. The molecule has 3 nitrogen and oxygen atoms in total. The van der Waals surface area contributed by atoms with E-state index in [1.54, 1.807) is 0 Å². The predicted octanol–water partition coefficient (Wildman–Crippen LogP) is 2.50. The normalized spacial score (nSPS) is 32.1. The number of esters is 1. The number of carbonyl (C=O) groups is 1. The molecule has 0 bridgehead atoms. The molecule has 0 heterocycles. The molecule has 3 heteroatoms. The standard InChI is InChI=1S/C13H25NO2/c1-5-11(3)14-13(12(15)16-4)9-7-6-8-10(13)2/h10-11,14H,5-9H2,1-4H3. The number of rotatable bonds is 4. The molecule has 94 valence electrons. The predicted molar refractivity (Wildman–Crippen MR) is 65.3 cm³/mol. The highest BCUT2D eigenvalue weighted by Crippen LogP contribution is 2.35. The maximum Gasteiger partial charge on any atom is 0.326 e. The second kappa shape index (κ2) is 5.67. The summed E-state index contributed by atoms with van der Waals surface area (Å²) in [6, 6.07) is 0.361. The van der Waals surface area contributed by atoms with Crippen molar-refractivity contribution in [3.63, 3.8) is 0 Å². The van der Waals surface area contributed by atoms with Crippen molar-refractivity contribution in [1.82, 2.24) is 5.32 Å². The third-order valence-electron chi connectivity index (χ3n) is 3.97. The quantitative estimate of drug-likeness (QED) is 0.750. The van der Waals surface area contributed by atoms with Gasteiger partial charge in [-0.25, -0.2) is 0 Å². The molecule has 0 saturated heterocycles. The van der Waals surface area contributed by atoms with Crippen molar-refractivity contribution in [1.29, 1.82) is 0 Å². The van der Waals surface area contributed by atoms with E-state index >= 15 is 0 Å². The number of hydrogen-bond acceptors (Lipinski definition) is 3. The molecule has 1 saturated carbocycles. The lowest BCUT2D eigenvalue weighted by Crippen LogP contribution is -2.60. The fourth-order valence-corrected chi connectivity index (χ4v) is 2.65. The molecule has 1 rings (SSSR count). The van der Waals surface area contributed by atoms with Gasteiger partial charge >= 0.3 is 5.97 Å². The second-order valence-corrected chi connectivity index (χ2v) is 5.06. The van der Waals surface area contributed by atoms with Gasteiger partial charge < -0.3 is 4.74 Å². The van der Waals surface area contributed by atoms with Crippen LogP contribution in [0.5, 0.6) is 0 Å². The molecule has 1 aliphatic carbocycles. The molecule has 0 spiro atoms. The average molecular weight is 227 g/mol. The van der Waals surface area contributed by atoms with Gasteiger partial charge in [-0.2, -0.15) is 0 Å². The van der Waals surface area contributed by atoms with Crippen LogP contribution in [-0.2, 0) is 9.53 Å². The minimum atomic E-state index is -0.442. The van der Waals surface area contributed by atoms with Crippen LogP contribution in [-0.4, -0.2) is 24.7 Å². The minimum Gasteiger partial charge on any atom is -0.468 e. The summed E-state index contributed by atoms with van der Waals surface area (Å²) in [6.45, 7) is 6.42. The van der Waals surface area contributed by atoms with E-state index in [4.69, 9.17) is 4.74 Å². The molecular formula is C13H25NO2. The van der Waals surface area contributed by atoms with Crippen LogP contribution in [0.25, 0.3) is 0 Å². The fraction of sp³-hybridized carbons (Fsp3) is 0.923. The Morgan fingerprint density at radius 3 is 2.75 bits per heavy atom. The largest absolute Gasteiger partial charge is 0.468 e. The first-order valence-electron chi connectivity index (χ1n) is 6.43. The van der Waals surface area contributed by atoms with Crippen molar-refractivity contribution in [2.75, 3.05) is 7.11 Å². The van der Waals surface area contributed by atoms with E-state index in [0.717, 1.165) is 25.7 Å². The Morgan fingerprint density at radius 2 is 2.25 bits per heavy atom. The van der Waals surface area contributed by atoms with E-state index in [-0.39, 0.29) is 5.97 Å². The van der Waals surface area contributed by atoms with Crippen LogP contribution >= 0.6 is 0 Å². The zero-order chi connectivity index (χ0) is 12.2. The van der Waals surface area contributed by atoms with Crippen molar-refractivity contribution < 1.29 is 9.53 Å². The number of carbonyl (C=O) groups excluding carboxylic acids is 1. The van der Waals surface area contributed by atoms with Crippen LogP contribution in [0.1, 0.15) is 52.9 Å². The zero-order valence-corrected chi connectivity index (χ0v) is 11.0. The molecule has 3 atom stereocenters. The van der Waals surface area contributed by atoms with Gasteiger partial charge in [0.25, 0.3) is 0 Å². The first-order valence-corrected chi connectivity index (χ1v) is 6.43. The second-order valence-electron chi connectivity index (χ2n) is 5.06. The monoisotopic (exact) mass is 227 g/mol. The minimum absolute atomic E-state index is 0.0833. The summed E-state index contributed by atoms with van der Waals surface area (Å²) in [6.07, 6.45) is 5.39. The highest BCUT2D eigenvalue weighted by atomic mass is 16.5. The Bertz CT molecular complexity index is 242. The highest BCUT2D eigenvalue weighted by molar-refractivity contribution is 5.81. The number of hydrogen-bond donors (Lipinski definition) is 1. The van der Waals surface area contributed by atoms with Crippen molar-refractivity contribution in [3.05, 3.63) is 0 Å². The Kier molecular flexibility index (Phi) is 4.78. The SMILES string of the molecule is CCC(C)NC1(C(=O)OC)CCCCC1C. The van der Waals surface area contributed by atoms with Crippen molar-refractivity contribution in [2.24, 2.45) is 5.92 Å². The Hall–Kier alpha value is -0.570. The molecule has 1 N–H and O–H groups in total. The van der Waals surface area contributed by atoms with E-state index in [1.165, 1.54) is 13.5 Å². The third-order valence-corrected chi connectivity index (χ3v) is 3.97. The molecule has 3 unspecified atom stereocenters. The lowest BCUT2D eigenvalue weighted by atomic mass is 9.73. The molecule has 0 amide bonds. The summed E-state index contributed by atoms with van der Waals surface area (Å²) < 4.78 is 5.01. The number of ether oxygens (including phenoxy) is 1. The van der Waals surface area contributed by atoms with Gasteiger partial charge in [-0.1, -0.05) is 26.7 Å². The Morgan fingerprint density at radius 1 is 1.56 bits per heavy atom. The highest BCUT2D eigenvalue weighted by Gasteiger charge is 2.46. The molecule has 1 aliphatic rings. The summed E-state index contributed by atoms with van der Waals surface area (Å²) in [7, 11) is 1.49. The summed E-state index contributed by atoms with van der Waals surface area (Å²) in [4.78, 5) is 12.1. The van der Waals surface area contributed by atoms with Gasteiger partial charge in [0.1, 0.15) is 5.54 Å². The first-order chi connectivity index (χ1) is 7.56. The molecular weight excluding hydrogens is 202 g/mol. The van der Waals surface area contributed by atoms with Crippen LogP contribution in [0.4, 0.5) is 0 Å². The van der Waals surface area contributed by atoms with Crippen molar-refractivity contribution in [2.45, 2.75) is 64.5 Å². The lowest BCUT2D eigenvalue weighted by Gasteiger charge is -2.42. The van der Waals surface area contributed by atoms with Gasteiger partial charge in [-0.15, -0.1) is 0 Å². The molecule has 0 aromatic heterocycles. The molecule has 0 aromatic rings. The zero-order valence-electron chi connectivity index (χ0n) is 11.0. The van der Waals surface area contributed by atoms with E-state index in [2.05, 4.69) is 26.1 Å². The topological polar surface area (TPSA) is 38.3 Å². The fourth-order valence-electron chi connectivity index (χ4n) is 2.65. The van der Waals surface area contributed by atoms with E-state index in [1.807, 2.05) is 0 Å². The van der Waals surface area contributed by atoms with Gasteiger partial charge in [-0.05, 0) is 32.1 Å². The molecule has 0 aromatic carbocycles. The smallest absolute Gasteiger partial charge is 0.326 e. The van der Waals surface area contributed by atoms with Gasteiger partial charge in [0.2, 0.25) is 0 Å². The number of nitrogens with one attached hydrogen (secondary N) is 1. The van der Waals surface area contributed by atoms with Gasteiger partial charge in [0, 0.05) is 6.04 Å². The van der Waals surface area contributed by atoms with Gasteiger partial charge in [0.05, 0.1) is 7.11 Å². The summed E-state index contributed by atoms with van der Waals surface area (Å²) in [5.41, 5.74) is -0.442. The van der Waals surface area contributed by atoms with Gasteiger partial charge in [0.15, 0.2) is 0 Å². The van der Waals surface area contributed by atoms with E-state index in [0.29, 0.717) is 12.0 Å². The molecule has 16 heavy (non-hydrogen) atoms. The maximum atomic E-state index is 12.1. The van der Waals surface area contributed by atoms with E-state index in [9.17, 15) is 4.79 Å². The first kappa shape index (κ1) is 13.5. The van der Waals surface area contributed by atoms with Gasteiger partial charge in [-0.3, -0.25) is 10.1 Å². The van der Waals surface area contributed by atoms with Crippen LogP contribution in [0.3, 0.4) is 0 Å². The Balaban J connectivity index is 2.86. The number of methoxy groups -OCH3 is 1. The van der Waals surface area contributed by atoms with Crippen molar-refractivity contribution >= 4 is 5.97 Å². The van der Waals surface area contributed by atoms with Crippen molar-refractivity contribution in [3.8, 4) is 0 Å². The maximum absolute atomic E-state index is 12.1. The van der Waals surface area contributed by atoms with Crippen LogP contribution < -0.4 is 5.32 Å². The summed E-state index contributed by atoms with van der Waals surface area (Å²) >= 11 is 0. The summed E-state index contributed by atoms with van der Waals surface area (Å²) in [5, 5.41) is 3.51. The van der Waals surface area contributed by atoms with E-state index < -0.39 is 5.54 Å². The molecule has 0 aliphatic heterocycles. The summed E-state index contributed by atoms with van der Waals surface area (Å²) in [5.74, 6) is 0.280. The molecule has 0 radical (unpaired) electrons. The van der Waals surface area contributed by atoms with Crippen LogP contribution in [0.15, 0.2) is 0 Å². The van der Waals surface area contributed by atoms with Crippen LogP contribution in [0.2, 0.25) is 0 Å².